The Bertz CT molecular complexity index is 902. The number of nitrogens with one attached hydrogen (secondary N) is 1. The maximum atomic E-state index is 12.3. The minimum atomic E-state index is -4.56. The SMILES string of the molecule is CN(CC(=O)Nc1cc(Cl)ccc1OCC(F)(F)F)S(=O)(=O)c1cccs1. The summed E-state index contributed by atoms with van der Waals surface area (Å²) in [4.78, 5) is 12.2. The number of carbonyl (C=O) groups is 1. The molecule has 0 unspecified atom stereocenters. The summed E-state index contributed by atoms with van der Waals surface area (Å²) in [6.07, 6.45) is -4.56. The van der Waals surface area contributed by atoms with E-state index in [1.165, 1.54) is 31.3 Å². The van der Waals surface area contributed by atoms with E-state index in [-0.39, 0.29) is 20.7 Å². The van der Waals surface area contributed by atoms with E-state index < -0.39 is 35.3 Å². The van der Waals surface area contributed by atoms with Gasteiger partial charge in [0.2, 0.25) is 5.91 Å². The molecule has 1 N–H and O–H groups in total. The molecule has 0 bridgehead atoms. The zero-order valence-corrected chi connectivity index (χ0v) is 16.2. The van der Waals surface area contributed by atoms with Crippen LogP contribution in [0, 0.1) is 0 Å². The molecule has 0 aliphatic heterocycles. The van der Waals surface area contributed by atoms with Gasteiger partial charge in [-0.15, -0.1) is 11.3 Å². The Morgan fingerprint density at radius 1 is 1.33 bits per heavy atom. The average Bonchev–Trinajstić information content (AvgIpc) is 3.08. The van der Waals surface area contributed by atoms with E-state index >= 15 is 0 Å². The largest absolute Gasteiger partial charge is 0.482 e. The van der Waals surface area contributed by atoms with Crippen molar-refractivity contribution in [2.45, 2.75) is 10.4 Å². The number of thiophene rings is 1. The van der Waals surface area contributed by atoms with Crippen LogP contribution in [-0.2, 0) is 14.8 Å². The third-order valence-corrected chi connectivity index (χ3v) is 6.54. The van der Waals surface area contributed by atoms with Crippen molar-refractivity contribution in [1.29, 1.82) is 0 Å². The Morgan fingerprint density at radius 3 is 2.63 bits per heavy atom. The van der Waals surface area contributed by atoms with Crippen LogP contribution in [0.4, 0.5) is 18.9 Å². The van der Waals surface area contributed by atoms with Crippen molar-refractivity contribution in [2.75, 3.05) is 25.5 Å². The fraction of sp³-hybridized carbons (Fsp3) is 0.267. The summed E-state index contributed by atoms with van der Waals surface area (Å²) in [5, 5.41) is 4.05. The molecule has 0 atom stereocenters. The highest BCUT2D eigenvalue weighted by molar-refractivity contribution is 7.91. The fourth-order valence-corrected chi connectivity index (χ4v) is 4.43. The number of sulfonamides is 1. The summed E-state index contributed by atoms with van der Waals surface area (Å²) in [6.45, 7) is -2.10. The predicted molar refractivity (Wildman–Crippen MR) is 95.8 cm³/mol. The highest BCUT2D eigenvalue weighted by Crippen LogP contribution is 2.30. The lowest BCUT2D eigenvalue weighted by Crippen LogP contribution is -2.34. The number of hydrogen-bond acceptors (Lipinski definition) is 5. The van der Waals surface area contributed by atoms with Gasteiger partial charge in [-0.05, 0) is 29.6 Å². The molecule has 148 valence electrons. The second-order valence-electron chi connectivity index (χ2n) is 5.29. The number of likely N-dealkylation sites (N-methyl/N-ethyl adjacent to an activating group) is 1. The lowest BCUT2D eigenvalue weighted by molar-refractivity contribution is -0.153. The van der Waals surface area contributed by atoms with Gasteiger partial charge in [0.05, 0.1) is 12.2 Å². The molecule has 0 aliphatic rings. The van der Waals surface area contributed by atoms with Gasteiger partial charge < -0.3 is 10.1 Å². The van der Waals surface area contributed by atoms with Crippen molar-refractivity contribution in [3.63, 3.8) is 0 Å². The molecule has 12 heteroatoms. The Hall–Kier alpha value is -1.82. The van der Waals surface area contributed by atoms with Gasteiger partial charge >= 0.3 is 6.18 Å². The molecule has 1 heterocycles. The molecule has 1 aromatic heterocycles. The number of halogens is 4. The van der Waals surface area contributed by atoms with E-state index in [1.807, 2.05) is 0 Å². The summed E-state index contributed by atoms with van der Waals surface area (Å²) in [5.74, 6) is -1.01. The van der Waals surface area contributed by atoms with E-state index in [2.05, 4.69) is 10.1 Å². The molecule has 2 rings (SSSR count). The second-order valence-corrected chi connectivity index (χ2v) is 8.94. The Kier molecular flexibility index (Phi) is 6.73. The van der Waals surface area contributed by atoms with Crippen LogP contribution in [0.1, 0.15) is 0 Å². The van der Waals surface area contributed by atoms with Crippen molar-refractivity contribution >= 4 is 44.6 Å². The van der Waals surface area contributed by atoms with Gasteiger partial charge in [-0.25, -0.2) is 8.42 Å². The van der Waals surface area contributed by atoms with Crippen LogP contribution in [-0.4, -0.2) is 45.0 Å². The summed E-state index contributed by atoms with van der Waals surface area (Å²) in [6, 6.07) is 6.64. The molecule has 2 aromatic rings. The van der Waals surface area contributed by atoms with Crippen LogP contribution in [0.3, 0.4) is 0 Å². The average molecular weight is 443 g/mol. The van der Waals surface area contributed by atoms with Crippen LogP contribution < -0.4 is 10.1 Å². The van der Waals surface area contributed by atoms with Crippen LogP contribution in [0.5, 0.6) is 5.75 Å². The monoisotopic (exact) mass is 442 g/mol. The van der Waals surface area contributed by atoms with Gasteiger partial charge in [0.1, 0.15) is 9.96 Å². The van der Waals surface area contributed by atoms with E-state index in [0.29, 0.717) is 0 Å². The van der Waals surface area contributed by atoms with Gasteiger partial charge in [0.15, 0.2) is 6.61 Å². The summed E-state index contributed by atoms with van der Waals surface area (Å²) in [7, 11) is -2.63. The Morgan fingerprint density at radius 2 is 2.04 bits per heavy atom. The predicted octanol–water partition coefficient (Wildman–Crippen LogP) is 3.60. The number of anilines is 1. The van der Waals surface area contributed by atoms with Crippen molar-refractivity contribution < 1.29 is 31.1 Å². The Balaban J connectivity index is 2.10. The Labute approximate surface area is 162 Å². The maximum Gasteiger partial charge on any atom is 0.422 e. The van der Waals surface area contributed by atoms with E-state index in [1.54, 1.807) is 11.4 Å². The number of carbonyl (C=O) groups excluding carboxylic acids is 1. The number of benzene rings is 1. The van der Waals surface area contributed by atoms with Crippen LogP contribution in [0.15, 0.2) is 39.9 Å². The first-order valence-electron chi connectivity index (χ1n) is 7.28. The molecule has 27 heavy (non-hydrogen) atoms. The first-order chi connectivity index (χ1) is 12.5. The molecule has 6 nitrogen and oxygen atoms in total. The van der Waals surface area contributed by atoms with Crippen LogP contribution in [0.25, 0.3) is 0 Å². The van der Waals surface area contributed by atoms with Crippen LogP contribution in [0.2, 0.25) is 5.02 Å². The van der Waals surface area contributed by atoms with E-state index in [0.717, 1.165) is 15.6 Å². The van der Waals surface area contributed by atoms with E-state index in [4.69, 9.17) is 11.6 Å². The number of nitrogens with zero attached hydrogens (tertiary/aromatic N) is 1. The highest BCUT2D eigenvalue weighted by Gasteiger charge is 2.29. The smallest absolute Gasteiger partial charge is 0.422 e. The lowest BCUT2D eigenvalue weighted by atomic mass is 10.3. The zero-order valence-electron chi connectivity index (χ0n) is 13.8. The number of rotatable bonds is 7. The summed E-state index contributed by atoms with van der Waals surface area (Å²) < 4.78 is 67.2. The molecule has 0 fully saturated rings. The molecule has 0 aliphatic carbocycles. The minimum Gasteiger partial charge on any atom is -0.482 e. The third-order valence-electron chi connectivity index (χ3n) is 3.13. The van der Waals surface area contributed by atoms with Crippen molar-refractivity contribution in [3.05, 3.63) is 40.7 Å². The third kappa shape index (κ3) is 6.09. The molecule has 1 aromatic carbocycles. The van der Waals surface area contributed by atoms with Crippen LogP contribution >= 0.6 is 22.9 Å². The fourth-order valence-electron chi connectivity index (χ4n) is 1.93. The lowest BCUT2D eigenvalue weighted by Gasteiger charge is -2.17. The zero-order chi connectivity index (χ0) is 20.2. The van der Waals surface area contributed by atoms with Crippen molar-refractivity contribution in [3.8, 4) is 5.75 Å². The highest BCUT2D eigenvalue weighted by atomic mass is 35.5. The summed E-state index contributed by atoms with van der Waals surface area (Å²) in [5.41, 5.74) is -0.0985. The van der Waals surface area contributed by atoms with Gasteiger partial charge in [-0.2, -0.15) is 17.5 Å². The number of amides is 1. The number of alkyl halides is 3. The van der Waals surface area contributed by atoms with Gasteiger partial charge in [-0.1, -0.05) is 17.7 Å². The molecule has 0 saturated heterocycles. The molecule has 0 saturated carbocycles. The number of hydrogen-bond donors (Lipinski definition) is 1. The van der Waals surface area contributed by atoms with Gasteiger partial charge in [0, 0.05) is 12.1 Å². The normalized spacial score (nSPS) is 12.2. The quantitative estimate of drug-likeness (QED) is 0.710. The molecule has 0 radical (unpaired) electrons. The van der Waals surface area contributed by atoms with Crippen molar-refractivity contribution in [1.82, 2.24) is 4.31 Å². The van der Waals surface area contributed by atoms with E-state index in [9.17, 15) is 26.4 Å². The standard InChI is InChI=1S/C15H14ClF3N2O4S2/c1-21(27(23,24)14-3-2-6-26-14)8-13(22)20-11-7-10(16)4-5-12(11)25-9-15(17,18)19/h2-7H,8-9H2,1H3,(H,20,22). The molecular weight excluding hydrogens is 429 g/mol. The maximum absolute atomic E-state index is 12.3. The minimum absolute atomic E-state index is 0.0646. The second kappa shape index (κ2) is 8.46. The molecular formula is C15H14ClF3N2O4S2. The summed E-state index contributed by atoms with van der Waals surface area (Å²) >= 11 is 6.80. The first kappa shape index (κ1) is 21.5. The molecule has 0 spiro atoms. The van der Waals surface area contributed by atoms with Crippen molar-refractivity contribution in [2.24, 2.45) is 0 Å². The first-order valence-corrected chi connectivity index (χ1v) is 9.97. The number of ether oxygens (including phenoxy) is 1. The van der Waals surface area contributed by atoms with Gasteiger partial charge in [0.25, 0.3) is 10.0 Å². The topological polar surface area (TPSA) is 75.7 Å². The molecule has 1 amide bonds. The van der Waals surface area contributed by atoms with Gasteiger partial charge in [-0.3, -0.25) is 4.79 Å².